The van der Waals surface area contributed by atoms with E-state index in [9.17, 15) is 9.59 Å². The SMILES string of the molecule is CCOC(=O)C1CCN([C@@H](C)C(=O)Nc2ccc(C(C)C)cc2)CC1. The van der Waals surface area contributed by atoms with Crippen molar-refractivity contribution >= 4 is 17.6 Å². The summed E-state index contributed by atoms with van der Waals surface area (Å²) in [6, 6.07) is 7.79. The van der Waals surface area contributed by atoms with Crippen LogP contribution < -0.4 is 5.32 Å². The number of amides is 1. The first-order chi connectivity index (χ1) is 11.9. The number of likely N-dealkylation sites (tertiary alicyclic amines) is 1. The topological polar surface area (TPSA) is 58.6 Å². The Kier molecular flexibility index (Phi) is 7.00. The lowest BCUT2D eigenvalue weighted by Crippen LogP contribution is -2.47. The zero-order chi connectivity index (χ0) is 18.4. The summed E-state index contributed by atoms with van der Waals surface area (Å²) in [5.41, 5.74) is 2.08. The highest BCUT2D eigenvalue weighted by molar-refractivity contribution is 5.94. The second kappa shape index (κ2) is 8.99. The number of rotatable bonds is 6. The van der Waals surface area contributed by atoms with Gasteiger partial charge in [0.1, 0.15) is 0 Å². The van der Waals surface area contributed by atoms with Gasteiger partial charge in [-0.1, -0.05) is 26.0 Å². The molecular formula is C20H30N2O3. The summed E-state index contributed by atoms with van der Waals surface area (Å²) in [7, 11) is 0. The van der Waals surface area contributed by atoms with Gasteiger partial charge in [-0.15, -0.1) is 0 Å². The molecule has 138 valence electrons. The molecule has 1 aliphatic rings. The van der Waals surface area contributed by atoms with E-state index in [4.69, 9.17) is 4.74 Å². The first-order valence-electron chi connectivity index (χ1n) is 9.23. The van der Waals surface area contributed by atoms with Gasteiger partial charge < -0.3 is 10.1 Å². The molecule has 0 aliphatic carbocycles. The summed E-state index contributed by atoms with van der Waals surface area (Å²) in [5.74, 6) is 0.329. The van der Waals surface area contributed by atoms with E-state index >= 15 is 0 Å². The molecule has 1 fully saturated rings. The van der Waals surface area contributed by atoms with Crippen LogP contribution in [0.1, 0.15) is 52.0 Å². The zero-order valence-electron chi connectivity index (χ0n) is 15.7. The maximum absolute atomic E-state index is 12.5. The monoisotopic (exact) mass is 346 g/mol. The van der Waals surface area contributed by atoms with Crippen molar-refractivity contribution < 1.29 is 14.3 Å². The fraction of sp³-hybridized carbons (Fsp3) is 0.600. The van der Waals surface area contributed by atoms with Crippen LogP contribution in [0, 0.1) is 5.92 Å². The number of carbonyl (C=O) groups is 2. The standard InChI is InChI=1S/C20H30N2O3/c1-5-25-20(24)17-10-12-22(13-11-17)15(4)19(23)21-18-8-6-16(7-9-18)14(2)3/h6-9,14-15,17H,5,10-13H2,1-4H3,(H,21,23)/t15-/m0/s1. The van der Waals surface area contributed by atoms with E-state index in [0.717, 1.165) is 31.6 Å². The van der Waals surface area contributed by atoms with Crippen LogP contribution in [-0.4, -0.2) is 42.5 Å². The quantitative estimate of drug-likeness (QED) is 0.802. The van der Waals surface area contributed by atoms with Gasteiger partial charge in [0.25, 0.3) is 0 Å². The molecule has 1 aromatic rings. The Hall–Kier alpha value is -1.88. The summed E-state index contributed by atoms with van der Waals surface area (Å²) in [5, 5.41) is 2.99. The van der Waals surface area contributed by atoms with E-state index in [-0.39, 0.29) is 23.8 Å². The van der Waals surface area contributed by atoms with Crippen molar-refractivity contribution in [1.82, 2.24) is 4.90 Å². The van der Waals surface area contributed by atoms with Crippen molar-refractivity contribution in [1.29, 1.82) is 0 Å². The van der Waals surface area contributed by atoms with E-state index in [1.807, 2.05) is 26.0 Å². The van der Waals surface area contributed by atoms with E-state index < -0.39 is 0 Å². The van der Waals surface area contributed by atoms with Gasteiger partial charge in [-0.05, 0) is 63.4 Å². The number of hydrogen-bond donors (Lipinski definition) is 1. The molecule has 1 heterocycles. The van der Waals surface area contributed by atoms with Gasteiger partial charge in [0.05, 0.1) is 18.6 Å². The average molecular weight is 346 g/mol. The fourth-order valence-corrected chi connectivity index (χ4v) is 3.15. The summed E-state index contributed by atoms with van der Waals surface area (Å²) in [6.07, 6.45) is 1.50. The Morgan fingerprint density at radius 2 is 1.76 bits per heavy atom. The van der Waals surface area contributed by atoms with Crippen LogP contribution in [0.15, 0.2) is 24.3 Å². The number of ether oxygens (including phenoxy) is 1. The van der Waals surface area contributed by atoms with Crippen molar-refractivity contribution in [3.05, 3.63) is 29.8 Å². The minimum Gasteiger partial charge on any atom is -0.466 e. The van der Waals surface area contributed by atoms with Crippen LogP contribution in [0.25, 0.3) is 0 Å². The predicted molar refractivity (Wildman–Crippen MR) is 99.6 cm³/mol. The lowest BCUT2D eigenvalue weighted by Gasteiger charge is -2.34. The van der Waals surface area contributed by atoms with Gasteiger partial charge >= 0.3 is 5.97 Å². The largest absolute Gasteiger partial charge is 0.466 e. The van der Waals surface area contributed by atoms with Crippen LogP contribution in [0.4, 0.5) is 5.69 Å². The summed E-state index contributed by atoms with van der Waals surface area (Å²) >= 11 is 0. The second-order valence-corrected chi connectivity index (χ2v) is 7.00. The molecule has 1 N–H and O–H groups in total. The molecule has 25 heavy (non-hydrogen) atoms. The number of carbonyl (C=O) groups excluding carboxylic acids is 2. The lowest BCUT2D eigenvalue weighted by atomic mass is 9.96. The predicted octanol–water partition coefficient (Wildman–Crippen LogP) is 3.41. The van der Waals surface area contributed by atoms with Crippen LogP contribution in [0.2, 0.25) is 0 Å². The van der Waals surface area contributed by atoms with Gasteiger partial charge in [-0.3, -0.25) is 14.5 Å². The number of nitrogens with one attached hydrogen (secondary N) is 1. The van der Waals surface area contributed by atoms with Crippen molar-refractivity contribution in [2.75, 3.05) is 25.0 Å². The second-order valence-electron chi connectivity index (χ2n) is 7.00. The maximum atomic E-state index is 12.5. The van der Waals surface area contributed by atoms with Gasteiger partial charge in [0, 0.05) is 5.69 Å². The van der Waals surface area contributed by atoms with Crippen molar-refractivity contribution in [2.24, 2.45) is 5.92 Å². The third-order valence-electron chi connectivity index (χ3n) is 4.92. The highest BCUT2D eigenvalue weighted by atomic mass is 16.5. The average Bonchev–Trinajstić information content (AvgIpc) is 2.61. The van der Waals surface area contributed by atoms with Crippen molar-refractivity contribution in [3.8, 4) is 0 Å². The van der Waals surface area contributed by atoms with Gasteiger partial charge in [-0.25, -0.2) is 0 Å². The maximum Gasteiger partial charge on any atom is 0.309 e. The minimum absolute atomic E-state index is 0.00752. The highest BCUT2D eigenvalue weighted by Crippen LogP contribution is 2.21. The van der Waals surface area contributed by atoms with Gasteiger partial charge in [-0.2, -0.15) is 0 Å². The molecule has 5 heteroatoms. The Balaban J connectivity index is 1.85. The van der Waals surface area contributed by atoms with Crippen LogP contribution >= 0.6 is 0 Å². The molecule has 0 bridgehead atoms. The van der Waals surface area contributed by atoms with Gasteiger partial charge in [0.2, 0.25) is 5.91 Å². The molecule has 0 saturated carbocycles. The zero-order valence-corrected chi connectivity index (χ0v) is 15.7. The molecule has 0 aromatic heterocycles. The molecule has 0 radical (unpaired) electrons. The minimum atomic E-state index is -0.215. The summed E-state index contributed by atoms with van der Waals surface area (Å²) in [6.45, 7) is 9.95. The molecule has 1 aromatic carbocycles. The summed E-state index contributed by atoms with van der Waals surface area (Å²) < 4.78 is 5.09. The van der Waals surface area contributed by atoms with E-state index in [1.54, 1.807) is 0 Å². The molecule has 1 amide bonds. The Morgan fingerprint density at radius 1 is 1.16 bits per heavy atom. The van der Waals surface area contributed by atoms with Crippen LogP contribution in [-0.2, 0) is 14.3 Å². The van der Waals surface area contributed by atoms with Gasteiger partial charge in [0.15, 0.2) is 0 Å². The molecule has 5 nitrogen and oxygen atoms in total. The van der Waals surface area contributed by atoms with Crippen molar-refractivity contribution in [2.45, 2.75) is 52.5 Å². The summed E-state index contributed by atoms with van der Waals surface area (Å²) in [4.78, 5) is 26.4. The highest BCUT2D eigenvalue weighted by Gasteiger charge is 2.30. The number of anilines is 1. The van der Waals surface area contributed by atoms with Crippen LogP contribution in [0.3, 0.4) is 0 Å². The number of hydrogen-bond acceptors (Lipinski definition) is 4. The number of esters is 1. The molecule has 0 unspecified atom stereocenters. The molecule has 0 spiro atoms. The molecule has 1 atom stereocenters. The molecule has 1 aliphatic heterocycles. The third kappa shape index (κ3) is 5.30. The number of benzene rings is 1. The van der Waals surface area contributed by atoms with Crippen LogP contribution in [0.5, 0.6) is 0 Å². The Bertz CT molecular complexity index is 575. The Morgan fingerprint density at radius 3 is 2.28 bits per heavy atom. The van der Waals surface area contributed by atoms with E-state index in [2.05, 4.69) is 36.2 Å². The van der Waals surface area contributed by atoms with E-state index in [0.29, 0.717) is 12.5 Å². The normalized spacial score (nSPS) is 17.3. The molecular weight excluding hydrogens is 316 g/mol. The van der Waals surface area contributed by atoms with Crippen molar-refractivity contribution in [3.63, 3.8) is 0 Å². The van der Waals surface area contributed by atoms with E-state index in [1.165, 1.54) is 5.56 Å². The Labute approximate surface area is 150 Å². The first kappa shape index (κ1) is 19.4. The lowest BCUT2D eigenvalue weighted by molar-refractivity contribution is -0.149. The first-order valence-corrected chi connectivity index (χ1v) is 9.23. The third-order valence-corrected chi connectivity index (χ3v) is 4.92. The number of nitrogens with zero attached hydrogens (tertiary/aromatic N) is 1. The molecule has 1 saturated heterocycles. The number of piperidine rings is 1. The smallest absolute Gasteiger partial charge is 0.309 e. The fourth-order valence-electron chi connectivity index (χ4n) is 3.15. The molecule has 2 rings (SSSR count).